The van der Waals surface area contributed by atoms with E-state index < -0.39 is 0 Å². The molecule has 2 nitrogen and oxygen atoms in total. The van der Waals surface area contributed by atoms with E-state index in [0.29, 0.717) is 12.2 Å². The Morgan fingerprint density at radius 2 is 1.36 bits per heavy atom. The van der Waals surface area contributed by atoms with Crippen molar-refractivity contribution in [2.45, 2.75) is 25.4 Å². The highest BCUT2D eigenvalue weighted by Crippen LogP contribution is 2.46. The molecule has 3 atom stereocenters. The summed E-state index contributed by atoms with van der Waals surface area (Å²) in [5, 5.41) is 0. The van der Waals surface area contributed by atoms with Crippen molar-refractivity contribution in [3.05, 3.63) is 71.8 Å². The van der Waals surface area contributed by atoms with Crippen LogP contribution < -0.4 is 0 Å². The van der Waals surface area contributed by atoms with Crippen LogP contribution in [0, 0.1) is 5.92 Å². The zero-order valence-corrected chi connectivity index (χ0v) is 13.6. The van der Waals surface area contributed by atoms with E-state index in [1.807, 2.05) is 12.1 Å². The molecule has 0 unspecified atom stereocenters. The zero-order chi connectivity index (χ0) is 15.7. The summed E-state index contributed by atoms with van der Waals surface area (Å²) < 4.78 is 0.820. The van der Waals surface area contributed by atoms with E-state index in [-0.39, 0.29) is 18.0 Å². The molecular formula is C20H24NO+. The fourth-order valence-corrected chi connectivity index (χ4v) is 4.06. The van der Waals surface area contributed by atoms with E-state index in [9.17, 15) is 4.79 Å². The van der Waals surface area contributed by atoms with Crippen molar-refractivity contribution < 1.29 is 9.28 Å². The predicted octanol–water partition coefficient (Wildman–Crippen LogP) is 4.15. The van der Waals surface area contributed by atoms with Gasteiger partial charge in [-0.05, 0) is 6.92 Å². The summed E-state index contributed by atoms with van der Waals surface area (Å²) in [7, 11) is 4.52. The Morgan fingerprint density at radius 3 is 1.91 bits per heavy atom. The second-order valence-corrected chi connectivity index (χ2v) is 6.87. The van der Waals surface area contributed by atoms with Crippen LogP contribution >= 0.6 is 0 Å². The van der Waals surface area contributed by atoms with Gasteiger partial charge in [0.25, 0.3) is 0 Å². The molecule has 114 valence electrons. The second kappa shape index (κ2) is 5.69. The van der Waals surface area contributed by atoms with Crippen LogP contribution in [0.4, 0.5) is 0 Å². The number of ketones is 1. The minimum Gasteiger partial charge on any atom is -0.315 e. The molecule has 1 fully saturated rings. The molecule has 2 aromatic rings. The van der Waals surface area contributed by atoms with Crippen molar-refractivity contribution >= 4 is 5.78 Å². The van der Waals surface area contributed by atoms with Gasteiger partial charge in [-0.25, -0.2) is 0 Å². The molecular weight excluding hydrogens is 270 g/mol. The Hall–Kier alpha value is -1.93. The summed E-state index contributed by atoms with van der Waals surface area (Å²) in [6.45, 7) is 2.08. The average Bonchev–Trinajstić information content (AvgIpc) is 2.53. The first-order valence-electron chi connectivity index (χ1n) is 7.97. The van der Waals surface area contributed by atoms with Crippen LogP contribution in [-0.4, -0.2) is 24.4 Å². The highest BCUT2D eigenvalue weighted by molar-refractivity contribution is 5.82. The predicted molar refractivity (Wildman–Crippen MR) is 89.3 cm³/mol. The molecule has 0 saturated carbocycles. The van der Waals surface area contributed by atoms with E-state index in [1.54, 1.807) is 0 Å². The minimum atomic E-state index is 0.0531. The highest BCUT2D eigenvalue weighted by atomic mass is 16.1. The Labute approximate surface area is 133 Å². The van der Waals surface area contributed by atoms with Gasteiger partial charge in [0.05, 0.1) is 26.4 Å². The van der Waals surface area contributed by atoms with Gasteiger partial charge in [-0.2, -0.15) is 0 Å². The van der Waals surface area contributed by atoms with Crippen molar-refractivity contribution in [1.82, 2.24) is 0 Å². The molecule has 1 heterocycles. The maximum Gasteiger partial charge on any atom is 0.148 e. The van der Waals surface area contributed by atoms with Crippen molar-refractivity contribution in [2.24, 2.45) is 5.92 Å². The largest absolute Gasteiger partial charge is 0.315 e. The monoisotopic (exact) mass is 294 g/mol. The number of hydrogen-bond donors (Lipinski definition) is 0. The molecule has 0 bridgehead atoms. The third kappa shape index (κ3) is 2.48. The van der Waals surface area contributed by atoms with Gasteiger partial charge < -0.3 is 4.48 Å². The Bertz CT molecular complexity index is 648. The molecule has 1 aliphatic rings. The number of carbonyl (C=O) groups excluding carboxylic acids is 1. The number of Topliss-reactive ketones (excluding diaryl/α,β-unsaturated/α-hetero) is 1. The molecule has 0 spiro atoms. The summed E-state index contributed by atoms with van der Waals surface area (Å²) >= 11 is 0. The van der Waals surface area contributed by atoms with Crippen molar-refractivity contribution in [3.63, 3.8) is 0 Å². The van der Waals surface area contributed by atoms with E-state index in [2.05, 4.69) is 69.6 Å². The van der Waals surface area contributed by atoms with Crippen LogP contribution in [0.5, 0.6) is 0 Å². The first kappa shape index (κ1) is 15.0. The topological polar surface area (TPSA) is 17.1 Å². The summed E-state index contributed by atoms with van der Waals surface area (Å²) in [4.78, 5) is 12.6. The maximum atomic E-state index is 12.6. The molecule has 0 amide bonds. The maximum absolute atomic E-state index is 12.6. The van der Waals surface area contributed by atoms with Gasteiger partial charge in [0.1, 0.15) is 17.9 Å². The van der Waals surface area contributed by atoms with Gasteiger partial charge in [0.2, 0.25) is 0 Å². The van der Waals surface area contributed by atoms with E-state index in [1.165, 1.54) is 11.1 Å². The van der Waals surface area contributed by atoms with Gasteiger partial charge in [-0.3, -0.25) is 4.79 Å². The average molecular weight is 294 g/mol. The van der Waals surface area contributed by atoms with Gasteiger partial charge in [-0.15, -0.1) is 0 Å². The van der Waals surface area contributed by atoms with Gasteiger partial charge in [-0.1, -0.05) is 60.7 Å². The molecule has 0 aromatic heterocycles. The lowest BCUT2D eigenvalue weighted by Gasteiger charge is -2.50. The lowest BCUT2D eigenvalue weighted by molar-refractivity contribution is -0.955. The molecule has 22 heavy (non-hydrogen) atoms. The van der Waals surface area contributed by atoms with Crippen molar-refractivity contribution in [1.29, 1.82) is 0 Å². The fourth-order valence-electron chi connectivity index (χ4n) is 4.06. The van der Waals surface area contributed by atoms with Gasteiger partial charge in [0, 0.05) is 11.1 Å². The lowest BCUT2D eigenvalue weighted by atomic mass is 9.78. The lowest BCUT2D eigenvalue weighted by Crippen LogP contribution is -2.54. The molecule has 2 aromatic carbocycles. The summed E-state index contributed by atoms with van der Waals surface area (Å²) in [5.41, 5.74) is 2.52. The number of likely N-dealkylation sites (tertiary alicyclic amines) is 1. The van der Waals surface area contributed by atoms with Gasteiger partial charge in [0.15, 0.2) is 0 Å². The highest BCUT2D eigenvalue weighted by Gasteiger charge is 2.49. The van der Waals surface area contributed by atoms with Crippen LogP contribution in [-0.2, 0) is 4.79 Å². The molecule has 0 radical (unpaired) electrons. The van der Waals surface area contributed by atoms with Crippen molar-refractivity contribution in [2.75, 3.05) is 14.1 Å². The Morgan fingerprint density at radius 1 is 0.864 bits per heavy atom. The Kier molecular flexibility index (Phi) is 3.88. The molecule has 3 rings (SSSR count). The zero-order valence-electron chi connectivity index (χ0n) is 13.6. The molecule has 0 N–H and O–H groups in total. The Balaban J connectivity index is 2.07. The van der Waals surface area contributed by atoms with E-state index in [4.69, 9.17) is 0 Å². The number of piperidine rings is 1. The third-order valence-corrected chi connectivity index (χ3v) is 5.22. The van der Waals surface area contributed by atoms with Crippen molar-refractivity contribution in [3.8, 4) is 0 Å². The molecule has 2 heteroatoms. The SMILES string of the molecule is C[C@@H]1C(=O)C[C@@H](c2ccccc2)[N+](C)(C)[C@H]1c1ccccc1. The number of quaternary nitrogens is 1. The van der Waals surface area contributed by atoms with E-state index >= 15 is 0 Å². The standard InChI is InChI=1S/C20H24NO/c1-15-19(22)14-18(16-10-6-4-7-11-16)21(2,3)20(15)17-12-8-5-9-13-17/h4-13,15,18,20H,14H2,1-3H3/q+1/t15-,18+,20-/m1/s1. The van der Waals surface area contributed by atoms with Gasteiger partial charge >= 0.3 is 0 Å². The number of hydrogen-bond acceptors (Lipinski definition) is 1. The molecule has 0 aliphatic carbocycles. The minimum absolute atomic E-state index is 0.0531. The van der Waals surface area contributed by atoms with E-state index in [0.717, 1.165) is 4.48 Å². The molecule has 1 saturated heterocycles. The molecule has 1 aliphatic heterocycles. The van der Waals surface area contributed by atoms with Crippen LogP contribution in [0.15, 0.2) is 60.7 Å². The first-order valence-corrected chi connectivity index (χ1v) is 7.97. The normalized spacial score (nSPS) is 27.6. The summed E-state index contributed by atoms with van der Waals surface area (Å²) in [6.07, 6.45) is 0.627. The van der Waals surface area contributed by atoms with Crippen LogP contribution in [0.1, 0.15) is 36.6 Å². The second-order valence-electron chi connectivity index (χ2n) is 6.87. The third-order valence-electron chi connectivity index (χ3n) is 5.22. The van der Waals surface area contributed by atoms with Crippen LogP contribution in [0.2, 0.25) is 0 Å². The smallest absolute Gasteiger partial charge is 0.148 e. The van der Waals surface area contributed by atoms with Crippen LogP contribution in [0.25, 0.3) is 0 Å². The summed E-state index contributed by atoms with van der Waals surface area (Å²) in [5.74, 6) is 0.428. The first-order chi connectivity index (χ1) is 10.5. The number of rotatable bonds is 2. The van der Waals surface area contributed by atoms with Crippen LogP contribution in [0.3, 0.4) is 0 Å². The quantitative estimate of drug-likeness (QED) is 0.760. The fraction of sp³-hybridized carbons (Fsp3) is 0.350. The summed E-state index contributed by atoms with van der Waals surface area (Å²) in [6, 6.07) is 21.4. The number of carbonyl (C=O) groups is 1. The number of benzene rings is 2. The number of nitrogens with zero attached hydrogens (tertiary/aromatic N) is 1.